The molecule has 1 amide bonds. The summed E-state index contributed by atoms with van der Waals surface area (Å²) in [5.74, 6) is 1.17. The van der Waals surface area contributed by atoms with Crippen molar-refractivity contribution < 1.29 is 4.79 Å². The van der Waals surface area contributed by atoms with Gasteiger partial charge < -0.3 is 5.32 Å². The van der Waals surface area contributed by atoms with E-state index in [0.717, 1.165) is 35.5 Å². The summed E-state index contributed by atoms with van der Waals surface area (Å²) >= 11 is 1.87. The van der Waals surface area contributed by atoms with Crippen molar-refractivity contribution in [3.8, 4) is 0 Å². The Kier molecular flexibility index (Phi) is 4.52. The molecule has 2 heterocycles. The number of aromatic amines is 1. The summed E-state index contributed by atoms with van der Waals surface area (Å²) in [6.07, 6.45) is 2.24. The van der Waals surface area contributed by atoms with Crippen LogP contribution in [0.1, 0.15) is 41.4 Å². The molecule has 1 atom stereocenters. The van der Waals surface area contributed by atoms with Crippen LogP contribution in [0.15, 0.2) is 29.2 Å². The highest BCUT2D eigenvalue weighted by Gasteiger charge is 2.21. The predicted molar refractivity (Wildman–Crippen MR) is 89.0 cm³/mol. The standard InChI is InChI=1S/C17H21N3OS/c1-11-13(12(2)20-19-11)7-8-17(21)18-15-9-10-22-16-6-4-3-5-14(15)16/h3-6,15H,7-10H2,1-2H3,(H,18,21)(H,19,20). The molecule has 2 aromatic rings. The van der Waals surface area contributed by atoms with E-state index >= 15 is 0 Å². The molecule has 5 heteroatoms. The zero-order valence-electron chi connectivity index (χ0n) is 13.0. The lowest BCUT2D eigenvalue weighted by Gasteiger charge is -2.25. The number of nitrogens with zero attached hydrogens (tertiary/aromatic N) is 1. The van der Waals surface area contributed by atoms with Gasteiger partial charge in [0, 0.05) is 22.8 Å². The second-order valence-electron chi connectivity index (χ2n) is 5.71. The monoisotopic (exact) mass is 315 g/mol. The van der Waals surface area contributed by atoms with Crippen LogP contribution >= 0.6 is 11.8 Å². The average Bonchev–Trinajstić information content (AvgIpc) is 2.84. The van der Waals surface area contributed by atoms with Crippen molar-refractivity contribution in [3.05, 3.63) is 46.8 Å². The SMILES string of the molecule is Cc1n[nH]c(C)c1CCC(=O)NC1CCSc2ccccc21. The molecular formula is C17H21N3OS. The Balaban J connectivity index is 1.61. The molecule has 2 N–H and O–H groups in total. The molecule has 0 aliphatic carbocycles. The highest BCUT2D eigenvalue weighted by atomic mass is 32.2. The average molecular weight is 315 g/mol. The van der Waals surface area contributed by atoms with Crippen molar-refractivity contribution in [3.63, 3.8) is 0 Å². The van der Waals surface area contributed by atoms with Crippen LogP contribution in [-0.4, -0.2) is 21.9 Å². The predicted octanol–water partition coefficient (Wildman–Crippen LogP) is 3.31. The Hall–Kier alpha value is -1.75. The first-order valence-electron chi connectivity index (χ1n) is 7.66. The van der Waals surface area contributed by atoms with Crippen molar-refractivity contribution in [1.29, 1.82) is 0 Å². The van der Waals surface area contributed by atoms with Crippen LogP contribution in [0.2, 0.25) is 0 Å². The summed E-state index contributed by atoms with van der Waals surface area (Å²) < 4.78 is 0. The van der Waals surface area contributed by atoms with E-state index in [-0.39, 0.29) is 11.9 Å². The van der Waals surface area contributed by atoms with Crippen molar-refractivity contribution in [2.75, 3.05) is 5.75 Å². The van der Waals surface area contributed by atoms with Gasteiger partial charge in [-0.2, -0.15) is 5.10 Å². The lowest BCUT2D eigenvalue weighted by Crippen LogP contribution is -2.30. The van der Waals surface area contributed by atoms with E-state index in [9.17, 15) is 4.79 Å². The first-order valence-corrected chi connectivity index (χ1v) is 8.65. The lowest BCUT2D eigenvalue weighted by molar-refractivity contribution is -0.121. The van der Waals surface area contributed by atoms with Crippen LogP contribution in [0.5, 0.6) is 0 Å². The Morgan fingerprint density at radius 3 is 3.00 bits per heavy atom. The molecule has 0 spiro atoms. The number of rotatable bonds is 4. The van der Waals surface area contributed by atoms with Gasteiger partial charge in [-0.3, -0.25) is 9.89 Å². The molecule has 1 unspecified atom stereocenters. The maximum absolute atomic E-state index is 12.3. The number of carbonyl (C=O) groups is 1. The summed E-state index contributed by atoms with van der Waals surface area (Å²) in [5.41, 5.74) is 4.46. The molecule has 0 fully saturated rings. The van der Waals surface area contributed by atoms with E-state index in [2.05, 4.69) is 33.7 Å². The maximum atomic E-state index is 12.3. The molecule has 1 aliphatic heterocycles. The Morgan fingerprint density at radius 1 is 1.41 bits per heavy atom. The normalized spacial score (nSPS) is 17.1. The van der Waals surface area contributed by atoms with Crippen molar-refractivity contribution >= 4 is 17.7 Å². The summed E-state index contributed by atoms with van der Waals surface area (Å²) in [7, 11) is 0. The molecule has 1 aliphatic rings. The zero-order valence-corrected chi connectivity index (χ0v) is 13.8. The van der Waals surface area contributed by atoms with Gasteiger partial charge in [0.25, 0.3) is 0 Å². The number of benzene rings is 1. The Morgan fingerprint density at radius 2 is 2.23 bits per heavy atom. The van der Waals surface area contributed by atoms with Crippen LogP contribution in [-0.2, 0) is 11.2 Å². The van der Waals surface area contributed by atoms with Gasteiger partial charge in [0.05, 0.1) is 11.7 Å². The molecule has 4 nitrogen and oxygen atoms in total. The summed E-state index contributed by atoms with van der Waals surface area (Å²) in [6.45, 7) is 3.98. The number of nitrogens with one attached hydrogen (secondary N) is 2. The van der Waals surface area contributed by atoms with E-state index in [1.807, 2.05) is 31.7 Å². The van der Waals surface area contributed by atoms with E-state index in [1.165, 1.54) is 10.5 Å². The third-order valence-electron chi connectivity index (χ3n) is 4.18. The van der Waals surface area contributed by atoms with E-state index in [4.69, 9.17) is 0 Å². The molecule has 0 radical (unpaired) electrons. The number of thioether (sulfide) groups is 1. The van der Waals surface area contributed by atoms with Gasteiger partial charge >= 0.3 is 0 Å². The van der Waals surface area contributed by atoms with Gasteiger partial charge in [0.2, 0.25) is 5.91 Å². The minimum Gasteiger partial charge on any atom is -0.349 e. The molecule has 1 aromatic heterocycles. The Labute approximate surface area is 135 Å². The largest absolute Gasteiger partial charge is 0.349 e. The molecule has 116 valence electrons. The van der Waals surface area contributed by atoms with Gasteiger partial charge in [-0.05, 0) is 43.9 Å². The minimum atomic E-state index is 0.117. The molecule has 0 saturated carbocycles. The van der Waals surface area contributed by atoms with E-state index < -0.39 is 0 Å². The number of aromatic nitrogens is 2. The number of amides is 1. The number of aryl methyl sites for hydroxylation is 2. The molecule has 3 rings (SSSR count). The fourth-order valence-corrected chi connectivity index (χ4v) is 4.06. The third-order valence-corrected chi connectivity index (χ3v) is 5.30. The van der Waals surface area contributed by atoms with Crippen LogP contribution in [0.3, 0.4) is 0 Å². The van der Waals surface area contributed by atoms with Crippen LogP contribution in [0, 0.1) is 13.8 Å². The second-order valence-corrected chi connectivity index (χ2v) is 6.84. The minimum absolute atomic E-state index is 0.117. The first-order chi connectivity index (χ1) is 10.6. The highest BCUT2D eigenvalue weighted by molar-refractivity contribution is 7.99. The first kappa shape index (κ1) is 15.2. The van der Waals surface area contributed by atoms with E-state index in [0.29, 0.717) is 6.42 Å². The van der Waals surface area contributed by atoms with Gasteiger partial charge in [0.1, 0.15) is 0 Å². The topological polar surface area (TPSA) is 57.8 Å². The number of hydrogen-bond acceptors (Lipinski definition) is 3. The summed E-state index contributed by atoms with van der Waals surface area (Å²) in [4.78, 5) is 13.6. The second kappa shape index (κ2) is 6.57. The number of hydrogen-bond donors (Lipinski definition) is 2. The summed E-state index contributed by atoms with van der Waals surface area (Å²) in [6, 6.07) is 8.51. The number of carbonyl (C=O) groups excluding carboxylic acids is 1. The molecule has 0 bridgehead atoms. The van der Waals surface area contributed by atoms with Crippen molar-refractivity contribution in [2.24, 2.45) is 0 Å². The molecule has 0 saturated heterocycles. The zero-order chi connectivity index (χ0) is 15.5. The maximum Gasteiger partial charge on any atom is 0.220 e. The number of H-pyrrole nitrogens is 1. The number of fused-ring (bicyclic) bond motifs is 1. The van der Waals surface area contributed by atoms with Gasteiger partial charge in [-0.25, -0.2) is 0 Å². The van der Waals surface area contributed by atoms with Crippen molar-refractivity contribution in [1.82, 2.24) is 15.5 Å². The fraction of sp³-hybridized carbons (Fsp3) is 0.412. The summed E-state index contributed by atoms with van der Waals surface area (Å²) in [5, 5.41) is 10.3. The molecular weight excluding hydrogens is 294 g/mol. The van der Waals surface area contributed by atoms with Crippen LogP contribution in [0.4, 0.5) is 0 Å². The van der Waals surface area contributed by atoms with Gasteiger partial charge in [-0.1, -0.05) is 18.2 Å². The fourth-order valence-electron chi connectivity index (χ4n) is 2.94. The van der Waals surface area contributed by atoms with Gasteiger partial charge in [-0.15, -0.1) is 11.8 Å². The Bertz CT molecular complexity index is 661. The lowest BCUT2D eigenvalue weighted by atomic mass is 10.0. The van der Waals surface area contributed by atoms with Crippen LogP contribution in [0.25, 0.3) is 0 Å². The van der Waals surface area contributed by atoms with Crippen LogP contribution < -0.4 is 5.32 Å². The molecule has 1 aromatic carbocycles. The smallest absolute Gasteiger partial charge is 0.220 e. The quantitative estimate of drug-likeness (QED) is 0.910. The highest BCUT2D eigenvalue weighted by Crippen LogP contribution is 2.35. The van der Waals surface area contributed by atoms with Crippen molar-refractivity contribution in [2.45, 2.75) is 44.0 Å². The van der Waals surface area contributed by atoms with E-state index in [1.54, 1.807) is 0 Å². The van der Waals surface area contributed by atoms with Gasteiger partial charge in [0.15, 0.2) is 0 Å². The third kappa shape index (κ3) is 3.19. The molecule has 22 heavy (non-hydrogen) atoms.